The molecule has 1 heterocycles. The first kappa shape index (κ1) is 5.35. The minimum atomic E-state index is 0.787. The molecule has 0 bridgehead atoms. The van der Waals surface area contributed by atoms with E-state index in [-0.39, 0.29) is 0 Å². The number of nitrogens with two attached hydrogens (primary N) is 1. The van der Waals surface area contributed by atoms with Gasteiger partial charge in [0.1, 0.15) is 0 Å². The highest BCUT2D eigenvalue weighted by Crippen LogP contribution is 2.02. The Morgan fingerprint density at radius 1 is 1.88 bits per heavy atom. The van der Waals surface area contributed by atoms with Gasteiger partial charge in [-0.2, -0.15) is 0 Å². The molecule has 2 nitrogen and oxygen atoms in total. The number of nitrogens with zero attached hydrogens (tertiary/aromatic N) is 1. The molecule has 0 spiro atoms. The van der Waals surface area contributed by atoms with Crippen LogP contribution in [0.25, 0.3) is 0 Å². The Morgan fingerprint density at radius 2 is 2.62 bits per heavy atom. The largest absolute Gasteiger partial charge is 0.397 e. The molecule has 1 aliphatic heterocycles. The average Bonchev–Trinajstić information content (AvgIpc) is 2.14. The van der Waals surface area contributed by atoms with Crippen LogP contribution in [-0.4, -0.2) is 12.3 Å². The van der Waals surface area contributed by atoms with E-state index in [2.05, 4.69) is 11.9 Å². The van der Waals surface area contributed by atoms with Crippen molar-refractivity contribution >= 4 is 5.71 Å². The van der Waals surface area contributed by atoms with Gasteiger partial charge in [0, 0.05) is 0 Å². The lowest BCUT2D eigenvalue weighted by Crippen LogP contribution is -2.05. The molecule has 0 atom stereocenters. The third-order valence-electron chi connectivity index (χ3n) is 1.26. The summed E-state index contributed by atoms with van der Waals surface area (Å²) in [5.41, 5.74) is 7.45. The second-order valence-corrected chi connectivity index (χ2v) is 1.80. The molecule has 0 fully saturated rings. The molecule has 0 aliphatic carbocycles. The Hall–Kier alpha value is -0.790. The zero-order valence-electron chi connectivity index (χ0n) is 5.02. The van der Waals surface area contributed by atoms with Crippen molar-refractivity contribution in [2.75, 3.05) is 6.54 Å². The van der Waals surface area contributed by atoms with Gasteiger partial charge in [0.15, 0.2) is 0 Å². The van der Waals surface area contributed by atoms with Crippen LogP contribution < -0.4 is 5.73 Å². The van der Waals surface area contributed by atoms with E-state index in [1.54, 1.807) is 0 Å². The quantitative estimate of drug-likeness (QED) is 0.530. The summed E-state index contributed by atoms with van der Waals surface area (Å²) in [5, 5.41) is 0. The average molecular weight is 110 g/mol. The fourth-order valence-corrected chi connectivity index (χ4v) is 0.779. The summed E-state index contributed by atoms with van der Waals surface area (Å²) in [4.78, 5) is 4.13. The van der Waals surface area contributed by atoms with Gasteiger partial charge in [-0.15, -0.1) is 0 Å². The van der Waals surface area contributed by atoms with Crippen molar-refractivity contribution in [1.29, 1.82) is 0 Å². The van der Waals surface area contributed by atoms with E-state index in [4.69, 9.17) is 5.73 Å². The molecular formula is C6H10N2. The predicted molar refractivity (Wildman–Crippen MR) is 34.9 cm³/mol. The maximum absolute atomic E-state index is 5.52. The number of hydrogen-bond acceptors (Lipinski definition) is 2. The Bertz CT molecular complexity index is 145. The number of hydrogen-bond donors (Lipinski definition) is 1. The van der Waals surface area contributed by atoms with Crippen LogP contribution in [0, 0.1) is 0 Å². The normalized spacial score (nSPS) is 18.1. The predicted octanol–water partition coefficient (Wildman–Crippen LogP) is 0.694. The van der Waals surface area contributed by atoms with E-state index in [1.165, 1.54) is 0 Å². The maximum Gasteiger partial charge on any atom is 0.0597 e. The summed E-state index contributed by atoms with van der Waals surface area (Å²) >= 11 is 0. The molecule has 0 saturated heterocycles. The van der Waals surface area contributed by atoms with Crippen LogP contribution in [0.1, 0.15) is 13.3 Å². The van der Waals surface area contributed by atoms with Gasteiger partial charge >= 0.3 is 0 Å². The first-order valence-electron chi connectivity index (χ1n) is 2.84. The standard InChI is InChI=1S/C6H10N2/c1-2-6-5(7)3-4-8-6/h3H,2,4,7H2,1H3. The molecule has 0 aromatic carbocycles. The van der Waals surface area contributed by atoms with Crippen molar-refractivity contribution in [3.05, 3.63) is 11.8 Å². The summed E-state index contributed by atoms with van der Waals surface area (Å²) in [7, 11) is 0. The molecule has 0 aromatic rings. The lowest BCUT2D eigenvalue weighted by atomic mass is 10.2. The summed E-state index contributed by atoms with van der Waals surface area (Å²) in [5.74, 6) is 0. The highest BCUT2D eigenvalue weighted by Gasteiger charge is 2.02. The van der Waals surface area contributed by atoms with Crippen LogP contribution in [0.15, 0.2) is 16.8 Å². The van der Waals surface area contributed by atoms with Gasteiger partial charge < -0.3 is 5.73 Å². The molecule has 0 aromatic heterocycles. The molecule has 0 radical (unpaired) electrons. The van der Waals surface area contributed by atoms with Crippen molar-refractivity contribution in [2.45, 2.75) is 13.3 Å². The van der Waals surface area contributed by atoms with Crippen LogP contribution in [0.5, 0.6) is 0 Å². The SMILES string of the molecule is CCC1=NCC=C1N. The highest BCUT2D eigenvalue weighted by molar-refractivity contribution is 6.00. The molecule has 1 rings (SSSR count). The summed E-state index contributed by atoms with van der Waals surface area (Å²) in [6.45, 7) is 2.85. The third-order valence-corrected chi connectivity index (χ3v) is 1.26. The van der Waals surface area contributed by atoms with Crippen molar-refractivity contribution in [1.82, 2.24) is 0 Å². The molecular weight excluding hydrogens is 100 g/mol. The molecule has 1 aliphatic rings. The lowest BCUT2D eigenvalue weighted by Gasteiger charge is -1.92. The van der Waals surface area contributed by atoms with Crippen molar-refractivity contribution in [3.63, 3.8) is 0 Å². The van der Waals surface area contributed by atoms with Crippen LogP contribution >= 0.6 is 0 Å². The lowest BCUT2D eigenvalue weighted by molar-refractivity contribution is 1.22. The van der Waals surface area contributed by atoms with E-state index in [0.717, 1.165) is 24.4 Å². The van der Waals surface area contributed by atoms with Gasteiger partial charge in [-0.25, -0.2) is 0 Å². The topological polar surface area (TPSA) is 38.4 Å². The molecule has 0 amide bonds. The molecule has 0 unspecified atom stereocenters. The van der Waals surface area contributed by atoms with Crippen LogP contribution in [-0.2, 0) is 0 Å². The summed E-state index contributed by atoms with van der Waals surface area (Å²) in [6, 6.07) is 0. The van der Waals surface area contributed by atoms with E-state index in [9.17, 15) is 0 Å². The second-order valence-electron chi connectivity index (χ2n) is 1.80. The molecule has 44 valence electrons. The Balaban J connectivity index is 2.66. The fraction of sp³-hybridized carbons (Fsp3) is 0.500. The maximum atomic E-state index is 5.52. The molecule has 0 saturated carbocycles. The van der Waals surface area contributed by atoms with E-state index in [0.29, 0.717) is 0 Å². The molecule has 2 heteroatoms. The second kappa shape index (κ2) is 1.99. The van der Waals surface area contributed by atoms with E-state index < -0.39 is 0 Å². The monoisotopic (exact) mass is 110 g/mol. The van der Waals surface area contributed by atoms with Gasteiger partial charge in [0.05, 0.1) is 18.0 Å². The van der Waals surface area contributed by atoms with E-state index >= 15 is 0 Å². The summed E-state index contributed by atoms with van der Waals surface area (Å²) < 4.78 is 0. The zero-order chi connectivity index (χ0) is 5.98. The van der Waals surface area contributed by atoms with Crippen molar-refractivity contribution < 1.29 is 0 Å². The molecule has 8 heavy (non-hydrogen) atoms. The summed E-state index contributed by atoms with van der Waals surface area (Å²) in [6.07, 6.45) is 2.90. The van der Waals surface area contributed by atoms with Gasteiger partial charge in [0.25, 0.3) is 0 Å². The Labute approximate surface area is 49.1 Å². The number of aliphatic imine (C=N–C) groups is 1. The smallest absolute Gasteiger partial charge is 0.0597 e. The van der Waals surface area contributed by atoms with Crippen LogP contribution in [0.4, 0.5) is 0 Å². The van der Waals surface area contributed by atoms with Crippen molar-refractivity contribution in [3.8, 4) is 0 Å². The van der Waals surface area contributed by atoms with E-state index in [1.807, 2.05) is 6.08 Å². The van der Waals surface area contributed by atoms with Gasteiger partial charge in [-0.3, -0.25) is 4.99 Å². The minimum absolute atomic E-state index is 0.787. The Morgan fingerprint density at radius 3 is 2.88 bits per heavy atom. The van der Waals surface area contributed by atoms with Gasteiger partial charge in [-0.05, 0) is 12.5 Å². The Kier molecular flexibility index (Phi) is 1.33. The first-order chi connectivity index (χ1) is 3.84. The van der Waals surface area contributed by atoms with Crippen LogP contribution in [0.2, 0.25) is 0 Å². The molecule has 2 N–H and O–H groups in total. The van der Waals surface area contributed by atoms with Crippen LogP contribution in [0.3, 0.4) is 0 Å². The number of allylic oxidation sites excluding steroid dienone is 1. The van der Waals surface area contributed by atoms with Gasteiger partial charge in [0.2, 0.25) is 0 Å². The van der Waals surface area contributed by atoms with Gasteiger partial charge in [-0.1, -0.05) is 6.92 Å². The fourth-order valence-electron chi connectivity index (χ4n) is 0.779. The first-order valence-corrected chi connectivity index (χ1v) is 2.84. The zero-order valence-corrected chi connectivity index (χ0v) is 5.02. The third kappa shape index (κ3) is 0.735. The number of rotatable bonds is 1. The van der Waals surface area contributed by atoms with Crippen molar-refractivity contribution in [2.24, 2.45) is 10.7 Å². The highest BCUT2D eigenvalue weighted by atomic mass is 14.8. The minimum Gasteiger partial charge on any atom is -0.397 e.